The quantitative estimate of drug-likeness (QED) is 0.702. The number of hydrogen-bond acceptors (Lipinski definition) is 4. The lowest BCUT2D eigenvalue weighted by atomic mass is 9.98. The first-order valence-corrected chi connectivity index (χ1v) is 7.55. The lowest BCUT2D eigenvalue weighted by molar-refractivity contribution is -0.124. The highest BCUT2D eigenvalue weighted by atomic mass is 16.5. The van der Waals surface area contributed by atoms with Gasteiger partial charge in [0.2, 0.25) is 5.91 Å². The van der Waals surface area contributed by atoms with Crippen molar-refractivity contribution in [2.24, 2.45) is 0 Å². The second kappa shape index (κ2) is 8.51. The Morgan fingerprint density at radius 3 is 2.89 bits per heavy atom. The molecule has 1 aliphatic carbocycles. The number of morpholine rings is 1. The Hall–Kier alpha value is -0.650. The summed E-state index contributed by atoms with van der Waals surface area (Å²) < 4.78 is 11.3. The molecular weight excluding hydrogens is 244 g/mol. The van der Waals surface area contributed by atoms with Crippen LogP contribution in [0.5, 0.6) is 0 Å². The molecule has 1 saturated heterocycles. The number of nitrogens with one attached hydrogen (secondary N) is 2. The maximum absolute atomic E-state index is 11.7. The van der Waals surface area contributed by atoms with Crippen molar-refractivity contribution in [1.82, 2.24) is 10.6 Å². The van der Waals surface area contributed by atoms with Crippen molar-refractivity contribution in [2.45, 2.75) is 50.7 Å². The maximum atomic E-state index is 11.7. The Morgan fingerprint density at radius 2 is 2.16 bits per heavy atom. The summed E-state index contributed by atoms with van der Waals surface area (Å²) in [5.74, 6) is 0.0564. The molecule has 2 N–H and O–H groups in total. The van der Waals surface area contributed by atoms with Gasteiger partial charge in [0.15, 0.2) is 0 Å². The average Bonchev–Trinajstić information content (AvgIpc) is 2.46. The molecule has 0 aromatic rings. The molecule has 0 spiro atoms. The number of carbonyl (C=O) groups is 1. The van der Waals surface area contributed by atoms with Gasteiger partial charge in [0, 0.05) is 19.6 Å². The summed E-state index contributed by atoms with van der Waals surface area (Å²) in [6.07, 6.45) is 7.13. The largest absolute Gasteiger partial charge is 0.376 e. The van der Waals surface area contributed by atoms with Gasteiger partial charge in [-0.25, -0.2) is 0 Å². The van der Waals surface area contributed by atoms with Crippen LogP contribution in [0, 0.1) is 0 Å². The van der Waals surface area contributed by atoms with E-state index in [1.54, 1.807) is 0 Å². The summed E-state index contributed by atoms with van der Waals surface area (Å²) in [7, 11) is 0. The number of hydrogen-bond donors (Lipinski definition) is 2. The average molecular weight is 270 g/mol. The summed E-state index contributed by atoms with van der Waals surface area (Å²) in [6, 6.07) is 0. The van der Waals surface area contributed by atoms with E-state index in [4.69, 9.17) is 9.47 Å². The normalized spacial score (nSPS) is 25.2. The van der Waals surface area contributed by atoms with E-state index < -0.39 is 0 Å². The molecule has 1 heterocycles. The van der Waals surface area contributed by atoms with E-state index in [9.17, 15) is 4.79 Å². The topological polar surface area (TPSA) is 59.6 Å². The molecule has 1 saturated carbocycles. The zero-order valence-electron chi connectivity index (χ0n) is 11.7. The maximum Gasteiger partial charge on any atom is 0.222 e. The molecule has 110 valence electrons. The highest BCUT2D eigenvalue weighted by molar-refractivity contribution is 5.76. The predicted molar refractivity (Wildman–Crippen MR) is 73.1 cm³/mol. The molecule has 0 bridgehead atoms. The van der Waals surface area contributed by atoms with E-state index in [-0.39, 0.29) is 12.0 Å². The second-order valence-electron chi connectivity index (χ2n) is 5.38. The van der Waals surface area contributed by atoms with E-state index in [1.165, 1.54) is 32.1 Å². The highest BCUT2D eigenvalue weighted by Crippen LogP contribution is 2.19. The number of rotatable bonds is 6. The van der Waals surface area contributed by atoms with Crippen LogP contribution >= 0.6 is 0 Å². The third kappa shape index (κ3) is 5.89. The lowest BCUT2D eigenvalue weighted by Gasteiger charge is -2.23. The smallest absolute Gasteiger partial charge is 0.222 e. The van der Waals surface area contributed by atoms with Crippen molar-refractivity contribution in [3.05, 3.63) is 0 Å². The van der Waals surface area contributed by atoms with Gasteiger partial charge in [-0.15, -0.1) is 0 Å². The van der Waals surface area contributed by atoms with Gasteiger partial charge in [-0.1, -0.05) is 19.3 Å². The molecule has 0 aromatic carbocycles. The molecule has 1 amide bonds. The molecular formula is C14H26N2O3. The van der Waals surface area contributed by atoms with E-state index in [2.05, 4.69) is 10.6 Å². The van der Waals surface area contributed by atoms with E-state index in [0.29, 0.717) is 32.3 Å². The summed E-state index contributed by atoms with van der Waals surface area (Å²) in [4.78, 5) is 11.7. The summed E-state index contributed by atoms with van der Waals surface area (Å²) >= 11 is 0. The predicted octanol–water partition coefficient (Wildman–Crippen LogP) is 0.830. The van der Waals surface area contributed by atoms with Crippen LogP contribution in [-0.4, -0.2) is 51.0 Å². The highest BCUT2D eigenvalue weighted by Gasteiger charge is 2.17. The van der Waals surface area contributed by atoms with Crippen molar-refractivity contribution in [3.63, 3.8) is 0 Å². The molecule has 1 aliphatic heterocycles. The minimum Gasteiger partial charge on any atom is -0.376 e. The Labute approximate surface area is 115 Å². The summed E-state index contributed by atoms with van der Waals surface area (Å²) in [6.45, 7) is 3.58. The van der Waals surface area contributed by atoms with Crippen LogP contribution in [0.3, 0.4) is 0 Å². The molecule has 2 rings (SSSR count). The third-order valence-corrected chi connectivity index (χ3v) is 3.75. The summed E-state index contributed by atoms with van der Waals surface area (Å²) in [5.41, 5.74) is 0. The van der Waals surface area contributed by atoms with Gasteiger partial charge in [-0.3, -0.25) is 4.79 Å². The molecule has 19 heavy (non-hydrogen) atoms. The minimum absolute atomic E-state index is 0.0213. The van der Waals surface area contributed by atoms with E-state index in [0.717, 1.165) is 13.1 Å². The van der Waals surface area contributed by atoms with Crippen LogP contribution in [0.1, 0.15) is 38.5 Å². The van der Waals surface area contributed by atoms with E-state index >= 15 is 0 Å². The molecule has 0 radical (unpaired) electrons. The number of amides is 1. The molecule has 1 unspecified atom stereocenters. The van der Waals surface area contributed by atoms with Gasteiger partial charge in [-0.05, 0) is 12.8 Å². The first-order valence-electron chi connectivity index (χ1n) is 7.55. The third-order valence-electron chi connectivity index (χ3n) is 3.75. The van der Waals surface area contributed by atoms with Crippen molar-refractivity contribution in [1.29, 1.82) is 0 Å². The molecule has 2 fully saturated rings. The van der Waals surface area contributed by atoms with Gasteiger partial charge < -0.3 is 20.1 Å². The van der Waals surface area contributed by atoms with Gasteiger partial charge in [0.1, 0.15) is 0 Å². The Morgan fingerprint density at radius 1 is 1.32 bits per heavy atom. The fourth-order valence-corrected chi connectivity index (χ4v) is 2.68. The zero-order valence-corrected chi connectivity index (χ0v) is 11.7. The molecule has 5 nitrogen and oxygen atoms in total. The van der Waals surface area contributed by atoms with Crippen molar-refractivity contribution in [3.8, 4) is 0 Å². The summed E-state index contributed by atoms with van der Waals surface area (Å²) in [5, 5.41) is 6.12. The molecule has 2 aliphatic rings. The van der Waals surface area contributed by atoms with Gasteiger partial charge in [0.05, 0.1) is 31.8 Å². The van der Waals surface area contributed by atoms with Gasteiger partial charge in [0.25, 0.3) is 0 Å². The Bertz CT molecular complexity index is 261. The monoisotopic (exact) mass is 270 g/mol. The first-order chi connectivity index (χ1) is 9.34. The van der Waals surface area contributed by atoms with Gasteiger partial charge in [-0.2, -0.15) is 0 Å². The first kappa shape index (κ1) is 14.8. The van der Waals surface area contributed by atoms with Crippen LogP contribution in [-0.2, 0) is 14.3 Å². The fraction of sp³-hybridized carbons (Fsp3) is 0.929. The fourth-order valence-electron chi connectivity index (χ4n) is 2.68. The van der Waals surface area contributed by atoms with Crippen LogP contribution in [0.25, 0.3) is 0 Å². The van der Waals surface area contributed by atoms with Gasteiger partial charge >= 0.3 is 0 Å². The van der Waals surface area contributed by atoms with Crippen LogP contribution in [0.15, 0.2) is 0 Å². The van der Waals surface area contributed by atoms with Crippen molar-refractivity contribution >= 4 is 5.91 Å². The molecule has 1 atom stereocenters. The molecule has 0 aromatic heterocycles. The number of carbonyl (C=O) groups excluding carboxylic acids is 1. The second-order valence-corrected chi connectivity index (χ2v) is 5.38. The Balaban J connectivity index is 1.48. The zero-order chi connectivity index (χ0) is 13.3. The van der Waals surface area contributed by atoms with Crippen LogP contribution in [0.4, 0.5) is 0 Å². The van der Waals surface area contributed by atoms with Crippen LogP contribution in [0.2, 0.25) is 0 Å². The van der Waals surface area contributed by atoms with Crippen molar-refractivity contribution < 1.29 is 14.3 Å². The SMILES string of the molecule is O=C(CC1CNCCO1)NCCOC1CCCCC1. The lowest BCUT2D eigenvalue weighted by Crippen LogP contribution is -2.41. The molecule has 5 heteroatoms. The standard InChI is InChI=1S/C14H26N2O3/c17-14(10-13-11-15-6-8-19-13)16-7-9-18-12-4-2-1-3-5-12/h12-13,15H,1-11H2,(H,16,17). The van der Waals surface area contributed by atoms with Crippen LogP contribution < -0.4 is 10.6 Å². The van der Waals surface area contributed by atoms with Crippen molar-refractivity contribution in [2.75, 3.05) is 32.8 Å². The number of ether oxygens (including phenoxy) is 2. The Kier molecular flexibility index (Phi) is 6.61. The minimum atomic E-state index is 0.0213. The van der Waals surface area contributed by atoms with E-state index in [1.807, 2.05) is 0 Å².